The van der Waals surface area contributed by atoms with E-state index in [4.69, 9.17) is 4.99 Å². The average molecular weight is 406 g/mol. The molecule has 2 aromatic heterocycles. The van der Waals surface area contributed by atoms with Crippen LogP contribution in [-0.4, -0.2) is 62.5 Å². The Morgan fingerprint density at radius 1 is 1.20 bits per heavy atom. The Labute approximate surface area is 175 Å². The summed E-state index contributed by atoms with van der Waals surface area (Å²) in [5.74, 6) is 0.781. The minimum atomic E-state index is 0.0387. The van der Waals surface area contributed by atoms with Gasteiger partial charge in [-0.25, -0.2) is 9.67 Å². The topological polar surface area (TPSA) is 83.6 Å². The Kier molecular flexibility index (Phi) is 5.78. The highest BCUT2D eigenvalue weighted by Gasteiger charge is 2.27. The fourth-order valence-electron chi connectivity index (χ4n) is 3.54. The van der Waals surface area contributed by atoms with Gasteiger partial charge in [0.25, 0.3) is 0 Å². The molecule has 1 amide bonds. The van der Waals surface area contributed by atoms with Crippen molar-refractivity contribution >= 4 is 17.6 Å². The van der Waals surface area contributed by atoms with E-state index < -0.39 is 0 Å². The van der Waals surface area contributed by atoms with Gasteiger partial charge >= 0.3 is 0 Å². The monoisotopic (exact) mass is 406 g/mol. The summed E-state index contributed by atoms with van der Waals surface area (Å²) in [6.45, 7) is 4.83. The summed E-state index contributed by atoms with van der Waals surface area (Å²) in [6.07, 6.45) is 7.26. The van der Waals surface area contributed by atoms with Gasteiger partial charge in [0.05, 0.1) is 24.1 Å². The standard InChI is InChI=1S/C21H26N8O/c1-3-22-21(23-13-17-7-4-5-8-19(17)29-10-6-9-24-29)27-11-12-28(20(30)16-27)18-14-25-26(2)15-18/h4-10,14-15H,3,11-13,16H2,1-2H3,(H,22,23). The first-order valence-electron chi connectivity index (χ1n) is 10.1. The van der Waals surface area contributed by atoms with E-state index in [0.717, 1.165) is 29.4 Å². The number of anilines is 1. The third-order valence-electron chi connectivity index (χ3n) is 5.00. The molecule has 1 fully saturated rings. The number of carbonyl (C=O) groups is 1. The third kappa shape index (κ3) is 4.19. The minimum Gasteiger partial charge on any atom is -0.356 e. The van der Waals surface area contributed by atoms with Crippen molar-refractivity contribution in [1.82, 2.24) is 29.8 Å². The van der Waals surface area contributed by atoms with E-state index in [0.29, 0.717) is 19.6 Å². The Hall–Kier alpha value is -3.62. The predicted molar refractivity (Wildman–Crippen MR) is 116 cm³/mol. The minimum absolute atomic E-state index is 0.0387. The van der Waals surface area contributed by atoms with Gasteiger partial charge < -0.3 is 15.1 Å². The van der Waals surface area contributed by atoms with Crippen molar-refractivity contribution < 1.29 is 4.79 Å². The zero-order valence-corrected chi connectivity index (χ0v) is 17.3. The second kappa shape index (κ2) is 8.81. The Morgan fingerprint density at radius 2 is 2.07 bits per heavy atom. The lowest BCUT2D eigenvalue weighted by Gasteiger charge is -2.35. The third-order valence-corrected chi connectivity index (χ3v) is 5.00. The van der Waals surface area contributed by atoms with Crippen LogP contribution in [0.2, 0.25) is 0 Å². The lowest BCUT2D eigenvalue weighted by atomic mass is 10.2. The molecule has 0 saturated carbocycles. The highest BCUT2D eigenvalue weighted by Crippen LogP contribution is 2.17. The van der Waals surface area contributed by atoms with Crippen molar-refractivity contribution in [3.63, 3.8) is 0 Å². The summed E-state index contributed by atoms with van der Waals surface area (Å²) in [7, 11) is 1.85. The van der Waals surface area contributed by atoms with Crippen LogP contribution in [0.1, 0.15) is 12.5 Å². The molecule has 0 bridgehead atoms. The van der Waals surface area contributed by atoms with E-state index in [1.54, 1.807) is 22.0 Å². The van der Waals surface area contributed by atoms with Crippen molar-refractivity contribution in [2.75, 3.05) is 31.1 Å². The number of para-hydroxylation sites is 1. The van der Waals surface area contributed by atoms with E-state index in [1.165, 1.54) is 0 Å². The lowest BCUT2D eigenvalue weighted by molar-refractivity contribution is -0.120. The quantitative estimate of drug-likeness (QED) is 0.512. The van der Waals surface area contributed by atoms with Crippen molar-refractivity contribution in [1.29, 1.82) is 0 Å². The molecule has 1 aromatic carbocycles. The Bertz CT molecular complexity index is 1020. The molecule has 0 aliphatic carbocycles. The first-order chi connectivity index (χ1) is 14.7. The van der Waals surface area contributed by atoms with Crippen LogP contribution in [0.15, 0.2) is 60.1 Å². The molecule has 9 heteroatoms. The molecule has 9 nitrogen and oxygen atoms in total. The van der Waals surface area contributed by atoms with E-state index in [1.807, 2.05) is 60.2 Å². The first-order valence-corrected chi connectivity index (χ1v) is 10.1. The number of piperazine rings is 1. The fourth-order valence-corrected chi connectivity index (χ4v) is 3.54. The van der Waals surface area contributed by atoms with E-state index >= 15 is 0 Å². The van der Waals surface area contributed by atoms with Crippen LogP contribution in [0.25, 0.3) is 5.69 Å². The van der Waals surface area contributed by atoms with Crippen LogP contribution < -0.4 is 10.2 Å². The highest BCUT2D eigenvalue weighted by atomic mass is 16.2. The van der Waals surface area contributed by atoms with Gasteiger partial charge in [-0.15, -0.1) is 0 Å². The molecule has 3 heterocycles. The summed E-state index contributed by atoms with van der Waals surface area (Å²) in [6, 6.07) is 9.97. The molecule has 0 spiro atoms. The Balaban J connectivity index is 1.50. The second-order valence-electron chi connectivity index (χ2n) is 7.09. The number of aliphatic imine (C=N–C) groups is 1. The number of aromatic nitrogens is 4. The number of amides is 1. The van der Waals surface area contributed by atoms with Gasteiger partial charge in [-0.3, -0.25) is 9.48 Å². The van der Waals surface area contributed by atoms with Gasteiger partial charge in [0.2, 0.25) is 5.91 Å². The van der Waals surface area contributed by atoms with Crippen LogP contribution in [0.4, 0.5) is 5.69 Å². The maximum atomic E-state index is 12.8. The molecule has 0 atom stereocenters. The van der Waals surface area contributed by atoms with E-state index in [2.05, 4.69) is 21.6 Å². The molecule has 0 radical (unpaired) electrons. The summed E-state index contributed by atoms with van der Waals surface area (Å²) in [5.41, 5.74) is 2.90. The van der Waals surface area contributed by atoms with Crippen LogP contribution >= 0.6 is 0 Å². The average Bonchev–Trinajstić information content (AvgIpc) is 3.43. The van der Waals surface area contributed by atoms with Gasteiger partial charge in [-0.05, 0) is 24.6 Å². The molecule has 1 aliphatic heterocycles. The molecule has 3 aromatic rings. The SMILES string of the molecule is CCNC(=NCc1ccccc1-n1cccn1)N1CCN(c2cnn(C)c2)C(=O)C1. The predicted octanol–water partition coefficient (Wildman–Crippen LogP) is 1.42. The van der Waals surface area contributed by atoms with Crippen LogP contribution in [-0.2, 0) is 18.4 Å². The normalized spacial score (nSPS) is 15.0. The largest absolute Gasteiger partial charge is 0.356 e. The molecule has 0 unspecified atom stereocenters. The van der Waals surface area contributed by atoms with E-state index in [9.17, 15) is 4.79 Å². The molecule has 4 rings (SSSR count). The summed E-state index contributed by atoms with van der Waals surface area (Å²) in [5, 5.41) is 11.8. The van der Waals surface area contributed by atoms with Crippen molar-refractivity contribution in [2.24, 2.45) is 12.0 Å². The number of carbonyl (C=O) groups excluding carboxylic acids is 1. The second-order valence-corrected chi connectivity index (χ2v) is 7.09. The maximum absolute atomic E-state index is 12.8. The molecule has 1 saturated heterocycles. The summed E-state index contributed by atoms with van der Waals surface area (Å²) in [4.78, 5) is 21.4. The number of guanidine groups is 1. The number of hydrogen-bond acceptors (Lipinski definition) is 4. The van der Waals surface area contributed by atoms with Crippen LogP contribution in [0, 0.1) is 0 Å². The molecule has 1 aliphatic rings. The number of nitrogens with zero attached hydrogens (tertiary/aromatic N) is 7. The van der Waals surface area contributed by atoms with Crippen molar-refractivity contribution in [3.8, 4) is 5.69 Å². The molecular formula is C21H26N8O. The van der Waals surface area contributed by atoms with Gasteiger partial charge in [0.1, 0.15) is 6.54 Å². The van der Waals surface area contributed by atoms with Crippen molar-refractivity contribution in [3.05, 3.63) is 60.7 Å². The maximum Gasteiger partial charge on any atom is 0.246 e. The van der Waals surface area contributed by atoms with Crippen molar-refractivity contribution in [2.45, 2.75) is 13.5 Å². The number of rotatable bonds is 5. The van der Waals surface area contributed by atoms with Gasteiger partial charge in [0.15, 0.2) is 5.96 Å². The zero-order chi connectivity index (χ0) is 20.9. The summed E-state index contributed by atoms with van der Waals surface area (Å²) < 4.78 is 3.55. The molecule has 156 valence electrons. The lowest BCUT2D eigenvalue weighted by Crippen LogP contribution is -2.55. The smallest absolute Gasteiger partial charge is 0.246 e. The van der Waals surface area contributed by atoms with Gasteiger partial charge in [0, 0.05) is 45.3 Å². The summed E-state index contributed by atoms with van der Waals surface area (Å²) >= 11 is 0. The Morgan fingerprint density at radius 3 is 2.77 bits per heavy atom. The first kappa shape index (κ1) is 19.7. The zero-order valence-electron chi connectivity index (χ0n) is 17.3. The van der Waals surface area contributed by atoms with Crippen LogP contribution in [0.5, 0.6) is 0 Å². The number of benzene rings is 1. The highest BCUT2D eigenvalue weighted by molar-refractivity contribution is 5.98. The number of hydrogen-bond donors (Lipinski definition) is 1. The number of nitrogens with one attached hydrogen (secondary N) is 1. The molecule has 30 heavy (non-hydrogen) atoms. The molecular weight excluding hydrogens is 380 g/mol. The number of aryl methyl sites for hydroxylation is 1. The van der Waals surface area contributed by atoms with Crippen LogP contribution in [0.3, 0.4) is 0 Å². The fraction of sp³-hybridized carbons (Fsp3) is 0.333. The van der Waals surface area contributed by atoms with E-state index in [-0.39, 0.29) is 12.5 Å². The van der Waals surface area contributed by atoms with Gasteiger partial charge in [-0.1, -0.05) is 18.2 Å². The molecule has 1 N–H and O–H groups in total. The van der Waals surface area contributed by atoms with Gasteiger partial charge in [-0.2, -0.15) is 10.2 Å².